The van der Waals surface area contributed by atoms with Gasteiger partial charge in [-0.3, -0.25) is 0 Å². The summed E-state index contributed by atoms with van der Waals surface area (Å²) in [5, 5.41) is 4.16. The quantitative estimate of drug-likeness (QED) is 0.817. The standard InChI is InChI=1S/C16H21FN2/c1-5-11(4)18-9-13-6-12-7-15(17)14(10(2)3)8-16(12)19-13/h6-8,10,18-19H,4-5,9H2,1-3H3. The topological polar surface area (TPSA) is 27.8 Å². The van der Waals surface area contributed by atoms with Gasteiger partial charge in [-0.15, -0.1) is 0 Å². The Balaban J connectivity index is 2.27. The van der Waals surface area contributed by atoms with Gasteiger partial charge in [0.1, 0.15) is 5.82 Å². The number of aromatic nitrogens is 1. The number of hydrogen-bond donors (Lipinski definition) is 2. The first kappa shape index (κ1) is 13.7. The van der Waals surface area contributed by atoms with Crippen molar-refractivity contribution in [1.82, 2.24) is 10.3 Å². The Morgan fingerprint density at radius 3 is 2.74 bits per heavy atom. The zero-order chi connectivity index (χ0) is 14.0. The third kappa shape index (κ3) is 2.98. The van der Waals surface area contributed by atoms with Gasteiger partial charge in [-0.1, -0.05) is 27.4 Å². The van der Waals surface area contributed by atoms with E-state index in [1.165, 1.54) is 0 Å². The minimum atomic E-state index is -0.126. The Labute approximate surface area is 113 Å². The lowest BCUT2D eigenvalue weighted by Gasteiger charge is -2.06. The van der Waals surface area contributed by atoms with Crippen molar-refractivity contribution in [3.63, 3.8) is 0 Å². The van der Waals surface area contributed by atoms with Crippen LogP contribution in [0.25, 0.3) is 10.9 Å². The summed E-state index contributed by atoms with van der Waals surface area (Å²) in [5.74, 6) is 0.0631. The summed E-state index contributed by atoms with van der Waals surface area (Å²) >= 11 is 0. The van der Waals surface area contributed by atoms with E-state index < -0.39 is 0 Å². The Morgan fingerprint density at radius 1 is 1.37 bits per heavy atom. The molecule has 1 aromatic carbocycles. The Bertz CT molecular complexity index is 596. The van der Waals surface area contributed by atoms with Crippen molar-refractivity contribution in [3.05, 3.63) is 47.5 Å². The zero-order valence-corrected chi connectivity index (χ0v) is 11.8. The van der Waals surface area contributed by atoms with E-state index in [2.05, 4.69) is 23.8 Å². The van der Waals surface area contributed by atoms with Crippen LogP contribution in [0.1, 0.15) is 44.4 Å². The third-order valence-corrected chi connectivity index (χ3v) is 3.37. The van der Waals surface area contributed by atoms with Crippen LogP contribution in [-0.2, 0) is 6.54 Å². The monoisotopic (exact) mass is 260 g/mol. The summed E-state index contributed by atoms with van der Waals surface area (Å²) in [6.45, 7) is 10.7. The normalized spacial score (nSPS) is 11.2. The molecular formula is C16H21FN2. The number of hydrogen-bond acceptors (Lipinski definition) is 1. The van der Waals surface area contributed by atoms with Crippen LogP contribution < -0.4 is 5.32 Å². The number of benzene rings is 1. The summed E-state index contributed by atoms with van der Waals surface area (Å²) < 4.78 is 13.9. The van der Waals surface area contributed by atoms with Crippen LogP contribution >= 0.6 is 0 Å². The molecule has 2 rings (SSSR count). The molecular weight excluding hydrogens is 239 g/mol. The Hall–Kier alpha value is -1.77. The summed E-state index contributed by atoms with van der Waals surface area (Å²) in [6, 6.07) is 5.51. The molecule has 2 aromatic rings. The van der Waals surface area contributed by atoms with Crippen molar-refractivity contribution in [1.29, 1.82) is 0 Å². The Kier molecular flexibility index (Phi) is 3.93. The highest BCUT2D eigenvalue weighted by Crippen LogP contribution is 2.25. The molecule has 1 heterocycles. The number of rotatable bonds is 5. The number of nitrogens with one attached hydrogen (secondary N) is 2. The van der Waals surface area contributed by atoms with Crippen molar-refractivity contribution < 1.29 is 4.39 Å². The maximum absolute atomic E-state index is 13.9. The van der Waals surface area contributed by atoms with Crippen molar-refractivity contribution >= 4 is 10.9 Å². The van der Waals surface area contributed by atoms with Gasteiger partial charge in [-0.2, -0.15) is 0 Å². The third-order valence-electron chi connectivity index (χ3n) is 3.37. The van der Waals surface area contributed by atoms with Gasteiger partial charge >= 0.3 is 0 Å². The van der Waals surface area contributed by atoms with Gasteiger partial charge in [0.15, 0.2) is 0 Å². The average Bonchev–Trinajstić information content (AvgIpc) is 2.76. The predicted molar refractivity (Wildman–Crippen MR) is 78.6 cm³/mol. The van der Waals surface area contributed by atoms with Crippen LogP contribution in [0.5, 0.6) is 0 Å². The second-order valence-corrected chi connectivity index (χ2v) is 5.22. The SMILES string of the molecule is C=C(CC)NCc1cc2cc(F)c(C(C)C)cc2[nH]1. The second kappa shape index (κ2) is 5.47. The first-order valence-electron chi connectivity index (χ1n) is 6.74. The molecule has 102 valence electrons. The second-order valence-electron chi connectivity index (χ2n) is 5.22. The predicted octanol–water partition coefficient (Wildman–Crippen LogP) is 4.44. The molecule has 2 N–H and O–H groups in total. The highest BCUT2D eigenvalue weighted by Gasteiger charge is 2.10. The molecule has 0 aliphatic carbocycles. The van der Waals surface area contributed by atoms with Crippen LogP contribution in [0.15, 0.2) is 30.5 Å². The number of fused-ring (bicyclic) bond motifs is 1. The van der Waals surface area contributed by atoms with Gasteiger partial charge in [0.25, 0.3) is 0 Å². The summed E-state index contributed by atoms with van der Waals surface area (Å²) in [7, 11) is 0. The molecule has 0 fully saturated rings. The largest absolute Gasteiger partial charge is 0.383 e. The summed E-state index contributed by atoms with van der Waals surface area (Å²) in [5.41, 5.74) is 3.80. The molecule has 0 unspecified atom stereocenters. The zero-order valence-electron chi connectivity index (χ0n) is 11.8. The fraction of sp³-hybridized carbons (Fsp3) is 0.375. The maximum atomic E-state index is 13.9. The number of aromatic amines is 1. The number of halogens is 1. The van der Waals surface area contributed by atoms with E-state index in [1.54, 1.807) is 6.07 Å². The van der Waals surface area contributed by atoms with Crippen LogP contribution in [0.3, 0.4) is 0 Å². The molecule has 19 heavy (non-hydrogen) atoms. The molecule has 0 saturated carbocycles. The molecule has 0 radical (unpaired) electrons. The van der Waals surface area contributed by atoms with E-state index in [-0.39, 0.29) is 11.7 Å². The van der Waals surface area contributed by atoms with E-state index >= 15 is 0 Å². The molecule has 3 heteroatoms. The summed E-state index contributed by atoms with van der Waals surface area (Å²) in [6.07, 6.45) is 0.909. The van der Waals surface area contributed by atoms with Crippen molar-refractivity contribution in [3.8, 4) is 0 Å². The minimum Gasteiger partial charge on any atom is -0.383 e. The van der Waals surface area contributed by atoms with Crippen LogP contribution in [-0.4, -0.2) is 4.98 Å². The minimum absolute atomic E-state index is 0.126. The number of allylic oxidation sites excluding steroid dienone is 1. The van der Waals surface area contributed by atoms with Crippen molar-refractivity contribution in [2.45, 2.75) is 39.7 Å². The van der Waals surface area contributed by atoms with Gasteiger partial charge in [-0.05, 0) is 36.1 Å². The van der Waals surface area contributed by atoms with E-state index in [4.69, 9.17) is 0 Å². The van der Waals surface area contributed by atoms with Gasteiger partial charge in [0, 0.05) is 22.3 Å². The lowest BCUT2D eigenvalue weighted by molar-refractivity contribution is 0.600. The molecule has 2 nitrogen and oxygen atoms in total. The smallest absolute Gasteiger partial charge is 0.127 e. The first-order valence-corrected chi connectivity index (χ1v) is 6.74. The fourth-order valence-electron chi connectivity index (χ4n) is 2.11. The first-order chi connectivity index (χ1) is 9.01. The van der Waals surface area contributed by atoms with Gasteiger partial charge in [0.05, 0.1) is 6.54 Å². The summed E-state index contributed by atoms with van der Waals surface area (Å²) in [4.78, 5) is 3.33. The fourth-order valence-corrected chi connectivity index (χ4v) is 2.11. The molecule has 0 aliphatic heterocycles. The number of H-pyrrole nitrogens is 1. The van der Waals surface area contributed by atoms with Crippen molar-refractivity contribution in [2.24, 2.45) is 0 Å². The lowest BCUT2D eigenvalue weighted by atomic mass is 10.0. The van der Waals surface area contributed by atoms with E-state index in [9.17, 15) is 4.39 Å². The lowest BCUT2D eigenvalue weighted by Crippen LogP contribution is -2.11. The van der Waals surface area contributed by atoms with Gasteiger partial charge in [0.2, 0.25) is 0 Å². The molecule has 0 amide bonds. The molecule has 0 saturated heterocycles. The van der Waals surface area contributed by atoms with Crippen LogP contribution in [0.2, 0.25) is 0 Å². The maximum Gasteiger partial charge on any atom is 0.127 e. The molecule has 0 aliphatic rings. The average molecular weight is 260 g/mol. The van der Waals surface area contributed by atoms with E-state index in [1.807, 2.05) is 26.0 Å². The highest BCUT2D eigenvalue weighted by atomic mass is 19.1. The van der Waals surface area contributed by atoms with Crippen molar-refractivity contribution in [2.75, 3.05) is 0 Å². The van der Waals surface area contributed by atoms with Crippen LogP contribution in [0.4, 0.5) is 4.39 Å². The molecule has 0 bridgehead atoms. The molecule has 0 spiro atoms. The van der Waals surface area contributed by atoms with Gasteiger partial charge < -0.3 is 10.3 Å². The van der Waals surface area contributed by atoms with Gasteiger partial charge in [-0.25, -0.2) is 4.39 Å². The van der Waals surface area contributed by atoms with Crippen LogP contribution in [0, 0.1) is 5.82 Å². The molecule has 0 atom stereocenters. The van der Waals surface area contributed by atoms with E-state index in [0.29, 0.717) is 6.54 Å². The Morgan fingerprint density at radius 2 is 2.11 bits per heavy atom. The van der Waals surface area contributed by atoms with E-state index in [0.717, 1.165) is 34.3 Å². The highest BCUT2D eigenvalue weighted by molar-refractivity contribution is 5.81. The molecule has 1 aromatic heterocycles.